The van der Waals surface area contributed by atoms with Crippen molar-refractivity contribution in [3.8, 4) is 11.5 Å². The van der Waals surface area contributed by atoms with Crippen LogP contribution in [0, 0.1) is 5.82 Å². The van der Waals surface area contributed by atoms with Gasteiger partial charge in [-0.25, -0.2) is 12.8 Å². The molecule has 4 nitrogen and oxygen atoms in total. The Labute approximate surface area is 153 Å². The minimum atomic E-state index is -5.47. The maximum absolute atomic E-state index is 13.2. The van der Waals surface area contributed by atoms with Gasteiger partial charge in [-0.15, -0.1) is 0 Å². The molecular weight excluding hydrogens is 456 g/mol. The summed E-state index contributed by atoms with van der Waals surface area (Å²) in [4.78, 5) is 7.06. The lowest BCUT2D eigenvalue weighted by atomic mass is 10.3. The largest absolute Gasteiger partial charge is 0.501 e. The monoisotopic (exact) mass is 462 g/mol. The molecule has 0 N–H and O–H groups in total. The van der Waals surface area contributed by atoms with Crippen molar-refractivity contribution < 1.29 is 35.5 Å². The number of hydrogen-bond acceptors (Lipinski definition) is 4. The van der Waals surface area contributed by atoms with E-state index in [1.807, 2.05) is 6.79 Å². The normalized spacial score (nSPS) is 11.4. The zero-order valence-electron chi connectivity index (χ0n) is 12.0. The third-order valence-electron chi connectivity index (χ3n) is 2.58. The lowest BCUT2D eigenvalue weighted by Gasteiger charge is -2.11. The number of rotatable bonds is 3. The highest BCUT2D eigenvalue weighted by atomic mass is 79.9. The molecule has 25 heavy (non-hydrogen) atoms. The number of halogens is 6. The lowest BCUT2D eigenvalue weighted by molar-refractivity contribution is -0.0980. The summed E-state index contributed by atoms with van der Waals surface area (Å²) < 4.78 is 78.5. The Balaban J connectivity index is 0.00000151. The van der Waals surface area contributed by atoms with Crippen LogP contribution in [0.3, 0.4) is 0 Å². The SMILES string of the molecule is C=O.O=S(=O)(c1ccc(Oc2cc(F)cc(Cl)c2)c(Br)c1)C(F)(F)F. The Morgan fingerprint density at radius 2 is 1.68 bits per heavy atom. The average Bonchev–Trinajstić information content (AvgIpc) is 2.49. The van der Waals surface area contributed by atoms with Gasteiger partial charge in [-0.05, 0) is 46.3 Å². The Bertz CT molecular complexity index is 851. The van der Waals surface area contributed by atoms with Crippen LogP contribution in [0.5, 0.6) is 11.5 Å². The van der Waals surface area contributed by atoms with E-state index in [4.69, 9.17) is 21.1 Å². The van der Waals surface area contributed by atoms with Gasteiger partial charge in [-0.3, -0.25) is 0 Å². The molecule has 0 spiro atoms. The van der Waals surface area contributed by atoms with E-state index in [-0.39, 0.29) is 21.0 Å². The van der Waals surface area contributed by atoms with Crippen molar-refractivity contribution in [2.24, 2.45) is 0 Å². The van der Waals surface area contributed by atoms with Crippen molar-refractivity contribution >= 4 is 44.2 Å². The summed E-state index contributed by atoms with van der Waals surface area (Å²) in [6.07, 6.45) is 0. The van der Waals surface area contributed by atoms with E-state index in [0.717, 1.165) is 30.3 Å². The molecule has 0 atom stereocenters. The molecule has 2 aromatic carbocycles. The first-order valence-corrected chi connectivity index (χ1v) is 8.70. The minimum Gasteiger partial charge on any atom is -0.456 e. The average molecular weight is 464 g/mol. The molecule has 2 aromatic rings. The fraction of sp³-hybridized carbons (Fsp3) is 0.0714. The van der Waals surface area contributed by atoms with Crippen molar-refractivity contribution in [1.29, 1.82) is 0 Å². The van der Waals surface area contributed by atoms with E-state index in [0.29, 0.717) is 0 Å². The molecule has 0 bridgehead atoms. The molecule has 0 aliphatic rings. The predicted octanol–water partition coefficient (Wildman–Crippen LogP) is 5.14. The third-order valence-corrected chi connectivity index (χ3v) is 4.90. The quantitative estimate of drug-likeness (QED) is 0.591. The first-order chi connectivity index (χ1) is 11.5. The van der Waals surface area contributed by atoms with Crippen LogP contribution in [0.15, 0.2) is 45.8 Å². The Kier molecular flexibility index (Phi) is 6.98. The van der Waals surface area contributed by atoms with Gasteiger partial charge in [0, 0.05) is 11.1 Å². The van der Waals surface area contributed by atoms with Crippen LogP contribution in [0.1, 0.15) is 0 Å². The molecule has 0 fully saturated rings. The highest BCUT2D eigenvalue weighted by molar-refractivity contribution is 9.10. The zero-order chi connectivity index (χ0) is 19.4. The van der Waals surface area contributed by atoms with Gasteiger partial charge in [-0.2, -0.15) is 13.2 Å². The number of carbonyl (C=O) groups is 1. The van der Waals surface area contributed by atoms with E-state index in [2.05, 4.69) is 15.9 Å². The van der Waals surface area contributed by atoms with Crippen LogP contribution < -0.4 is 4.74 Å². The summed E-state index contributed by atoms with van der Waals surface area (Å²) >= 11 is 8.57. The number of carbonyl (C=O) groups excluding carboxylic acids is 1. The topological polar surface area (TPSA) is 60.4 Å². The molecule has 11 heteroatoms. The number of sulfone groups is 1. The molecule has 2 rings (SSSR count). The maximum Gasteiger partial charge on any atom is 0.501 e. The fourth-order valence-corrected chi connectivity index (χ4v) is 3.19. The highest BCUT2D eigenvalue weighted by Crippen LogP contribution is 2.36. The van der Waals surface area contributed by atoms with Gasteiger partial charge in [0.05, 0.1) is 9.37 Å². The summed E-state index contributed by atoms with van der Waals surface area (Å²) in [6.45, 7) is 2.00. The van der Waals surface area contributed by atoms with Gasteiger partial charge in [-0.1, -0.05) is 11.6 Å². The Morgan fingerprint density at radius 3 is 2.16 bits per heavy atom. The molecule has 0 saturated heterocycles. The van der Waals surface area contributed by atoms with Crippen molar-refractivity contribution in [2.45, 2.75) is 10.4 Å². The number of benzene rings is 2. The molecule has 0 unspecified atom stereocenters. The predicted molar refractivity (Wildman–Crippen MR) is 86.0 cm³/mol. The fourth-order valence-electron chi connectivity index (χ4n) is 1.58. The van der Waals surface area contributed by atoms with Gasteiger partial charge >= 0.3 is 5.51 Å². The van der Waals surface area contributed by atoms with Crippen molar-refractivity contribution in [1.82, 2.24) is 0 Å². The van der Waals surface area contributed by atoms with Crippen LogP contribution in [0.25, 0.3) is 0 Å². The number of alkyl halides is 3. The van der Waals surface area contributed by atoms with E-state index in [1.165, 1.54) is 6.07 Å². The summed E-state index contributed by atoms with van der Waals surface area (Å²) in [5, 5.41) is 0.0624. The second-order valence-corrected chi connectivity index (χ2v) is 7.48. The minimum absolute atomic E-state index is 0.00197. The van der Waals surface area contributed by atoms with Crippen LogP contribution >= 0.6 is 27.5 Å². The lowest BCUT2D eigenvalue weighted by Crippen LogP contribution is -2.23. The van der Waals surface area contributed by atoms with Gasteiger partial charge in [0.2, 0.25) is 0 Å². The van der Waals surface area contributed by atoms with Gasteiger partial charge in [0.25, 0.3) is 9.84 Å². The molecule has 0 aliphatic heterocycles. The van der Waals surface area contributed by atoms with Crippen LogP contribution in [0.2, 0.25) is 5.02 Å². The molecule has 0 heterocycles. The van der Waals surface area contributed by atoms with Crippen LogP contribution in [-0.2, 0) is 14.6 Å². The Morgan fingerprint density at radius 1 is 1.08 bits per heavy atom. The molecule has 136 valence electrons. The summed E-state index contributed by atoms with van der Waals surface area (Å²) in [5.74, 6) is -0.671. The van der Waals surface area contributed by atoms with E-state index in [9.17, 15) is 26.0 Å². The van der Waals surface area contributed by atoms with Crippen LogP contribution in [0.4, 0.5) is 17.6 Å². The van der Waals surface area contributed by atoms with Crippen molar-refractivity contribution in [3.05, 3.63) is 51.7 Å². The van der Waals surface area contributed by atoms with Gasteiger partial charge in [0.15, 0.2) is 0 Å². The third kappa shape index (κ3) is 5.16. The molecule has 0 aliphatic carbocycles. The molecular formula is C14H8BrClF4O4S. The van der Waals surface area contributed by atoms with Crippen molar-refractivity contribution in [2.75, 3.05) is 0 Å². The Hall–Kier alpha value is -1.65. The first kappa shape index (κ1) is 21.4. The molecule has 0 radical (unpaired) electrons. The summed E-state index contributed by atoms with van der Waals surface area (Å²) in [5.41, 5.74) is -5.41. The van der Waals surface area contributed by atoms with Crippen molar-refractivity contribution in [3.63, 3.8) is 0 Å². The molecule has 0 saturated carbocycles. The van der Waals surface area contributed by atoms with Gasteiger partial charge < -0.3 is 9.53 Å². The zero-order valence-corrected chi connectivity index (χ0v) is 15.1. The second kappa shape index (κ2) is 8.15. The van der Waals surface area contributed by atoms with Gasteiger partial charge in [0.1, 0.15) is 24.1 Å². The summed E-state index contributed by atoms with van der Waals surface area (Å²) in [6, 6.07) is 5.85. The first-order valence-electron chi connectivity index (χ1n) is 6.04. The van der Waals surface area contributed by atoms with E-state index in [1.54, 1.807) is 0 Å². The molecule has 0 aromatic heterocycles. The highest BCUT2D eigenvalue weighted by Gasteiger charge is 2.47. The molecule has 0 amide bonds. The van der Waals surface area contributed by atoms with E-state index < -0.39 is 26.1 Å². The summed E-state index contributed by atoms with van der Waals surface area (Å²) in [7, 11) is -5.47. The smallest absolute Gasteiger partial charge is 0.456 e. The number of hydrogen-bond donors (Lipinski definition) is 0. The second-order valence-electron chi connectivity index (χ2n) is 4.25. The van der Waals surface area contributed by atoms with E-state index >= 15 is 0 Å². The maximum atomic E-state index is 13.2. The number of ether oxygens (including phenoxy) is 1. The standard InChI is InChI=1S/C13H6BrClF4O3S.CH2O/c14-11-6-10(23(20,21)13(17,18)19)1-2-12(11)22-9-4-7(15)3-8(16)5-9;1-2/h1-6H;1H2. The van der Waals surface area contributed by atoms with Crippen LogP contribution in [-0.4, -0.2) is 20.7 Å².